The molecule has 8 heteroatoms. The van der Waals surface area contributed by atoms with Crippen LogP contribution in [0, 0.1) is 6.92 Å². The van der Waals surface area contributed by atoms with Crippen LogP contribution < -0.4 is 5.32 Å². The van der Waals surface area contributed by atoms with Gasteiger partial charge in [0.05, 0.1) is 22.8 Å². The summed E-state index contributed by atoms with van der Waals surface area (Å²) in [7, 11) is 0. The molecule has 7 nitrogen and oxygen atoms in total. The Bertz CT molecular complexity index is 1790. The Morgan fingerprint density at radius 2 is 1.65 bits per heavy atom. The summed E-state index contributed by atoms with van der Waals surface area (Å²) < 4.78 is 1.71. The molecule has 1 amide bonds. The van der Waals surface area contributed by atoms with Crippen molar-refractivity contribution < 1.29 is 14.7 Å². The molecule has 0 saturated heterocycles. The number of carbonyl (C=O) groups excluding carboxylic acids is 1. The van der Waals surface area contributed by atoms with E-state index in [0.29, 0.717) is 21.8 Å². The summed E-state index contributed by atoms with van der Waals surface area (Å²) in [6.45, 7) is 1.88. The first-order valence-corrected chi connectivity index (χ1v) is 13.0. The molecular weight excluding hydrogens is 524 g/mol. The number of fused-ring (bicyclic) bond motifs is 1. The fourth-order valence-corrected chi connectivity index (χ4v) is 5.14. The van der Waals surface area contributed by atoms with E-state index in [1.165, 1.54) is 6.33 Å². The summed E-state index contributed by atoms with van der Waals surface area (Å²) in [6, 6.07) is 25.4. The van der Waals surface area contributed by atoms with Gasteiger partial charge in [-0.2, -0.15) is 5.10 Å². The normalized spacial score (nSPS) is 13.3. The molecule has 5 aromatic rings. The van der Waals surface area contributed by atoms with Crippen LogP contribution in [0.4, 0.5) is 5.69 Å². The van der Waals surface area contributed by atoms with Gasteiger partial charge >= 0.3 is 5.97 Å². The van der Waals surface area contributed by atoms with Gasteiger partial charge in [0.15, 0.2) is 0 Å². The number of carbonyl (C=O) groups is 2. The molecule has 0 saturated carbocycles. The maximum atomic E-state index is 12.9. The number of hydrogen-bond acceptors (Lipinski definition) is 4. The lowest BCUT2D eigenvalue weighted by molar-refractivity contribution is -0.136. The lowest BCUT2D eigenvalue weighted by atomic mass is 9.95. The van der Waals surface area contributed by atoms with Gasteiger partial charge in [0.2, 0.25) is 0 Å². The number of carboxylic acids is 1. The monoisotopic (exact) mass is 546 g/mol. The molecule has 0 fully saturated rings. The summed E-state index contributed by atoms with van der Waals surface area (Å²) in [5, 5.41) is 16.8. The third-order valence-corrected chi connectivity index (χ3v) is 7.31. The Morgan fingerprint density at radius 3 is 2.33 bits per heavy atom. The number of aliphatic carboxylic acids is 1. The molecule has 0 spiro atoms. The fraction of sp³-hybridized carbons (Fsp3) is 0.0625. The lowest BCUT2D eigenvalue weighted by Gasteiger charge is -2.10. The highest BCUT2D eigenvalue weighted by Crippen LogP contribution is 2.41. The third-order valence-electron chi connectivity index (χ3n) is 7.00. The van der Waals surface area contributed by atoms with Crippen molar-refractivity contribution in [2.24, 2.45) is 0 Å². The summed E-state index contributed by atoms with van der Waals surface area (Å²) >= 11 is 6.67. The van der Waals surface area contributed by atoms with Gasteiger partial charge in [0, 0.05) is 16.7 Å². The Kier molecular flexibility index (Phi) is 6.50. The third kappa shape index (κ3) is 4.90. The molecule has 1 aliphatic rings. The average molecular weight is 547 g/mol. The van der Waals surface area contributed by atoms with Crippen LogP contribution in [0.15, 0.2) is 91.5 Å². The highest BCUT2D eigenvalue weighted by molar-refractivity contribution is 6.38. The Hall–Kier alpha value is -5.01. The summed E-state index contributed by atoms with van der Waals surface area (Å²) in [5.41, 5.74) is 9.05. The lowest BCUT2D eigenvalue weighted by Crippen LogP contribution is -2.04. The first-order chi connectivity index (χ1) is 19.4. The molecule has 196 valence electrons. The zero-order chi connectivity index (χ0) is 27.8. The van der Waals surface area contributed by atoms with Crippen LogP contribution in [-0.2, 0) is 16.0 Å². The van der Waals surface area contributed by atoms with Crippen LogP contribution in [0.1, 0.15) is 22.3 Å². The second kappa shape index (κ2) is 10.3. The van der Waals surface area contributed by atoms with Gasteiger partial charge < -0.3 is 10.4 Å². The van der Waals surface area contributed by atoms with Crippen molar-refractivity contribution in [2.75, 3.05) is 5.32 Å². The standard InChI is InChI=1S/C32H23ClN4O3/c1-19-2-3-20(12-24(19)14-31(38)39)13-28-27-15-26(29(33)16-30(27)36-32(28)40)23-6-4-21(5-7-23)22-8-10-25(11-9-22)37-18-34-17-35-37/h2-13,15-18H,14H2,1H3,(H,36,40)(H,38,39). The highest BCUT2D eigenvalue weighted by atomic mass is 35.5. The number of nitrogens with zero attached hydrogens (tertiary/aromatic N) is 3. The molecule has 0 atom stereocenters. The van der Waals surface area contributed by atoms with E-state index in [1.807, 2.05) is 79.7 Å². The number of benzene rings is 4. The predicted molar refractivity (Wildman–Crippen MR) is 156 cm³/mol. The number of hydrogen-bond donors (Lipinski definition) is 2. The second-order valence-electron chi connectivity index (χ2n) is 9.61. The van der Waals surface area contributed by atoms with E-state index in [1.54, 1.807) is 23.2 Å². The average Bonchev–Trinajstić information content (AvgIpc) is 3.58. The maximum Gasteiger partial charge on any atom is 0.307 e. The molecule has 2 heterocycles. The van der Waals surface area contributed by atoms with E-state index in [-0.39, 0.29) is 12.3 Å². The van der Waals surface area contributed by atoms with Gasteiger partial charge in [-0.15, -0.1) is 0 Å². The minimum absolute atomic E-state index is 0.0760. The number of amides is 1. The summed E-state index contributed by atoms with van der Waals surface area (Å²) in [4.78, 5) is 28.1. The Balaban J connectivity index is 1.31. The summed E-state index contributed by atoms with van der Waals surface area (Å²) in [6.07, 6.45) is 4.87. The number of carboxylic acid groups (broad SMARTS) is 1. The predicted octanol–water partition coefficient (Wildman–Crippen LogP) is 6.68. The minimum atomic E-state index is -0.897. The quantitative estimate of drug-likeness (QED) is 0.231. The van der Waals surface area contributed by atoms with Crippen molar-refractivity contribution in [3.63, 3.8) is 0 Å². The highest BCUT2D eigenvalue weighted by Gasteiger charge is 2.26. The topological polar surface area (TPSA) is 97.1 Å². The second-order valence-corrected chi connectivity index (χ2v) is 10.0. The molecule has 6 rings (SSSR count). The first kappa shape index (κ1) is 25.3. The molecule has 0 aliphatic carbocycles. The largest absolute Gasteiger partial charge is 0.481 e. The zero-order valence-electron chi connectivity index (χ0n) is 21.4. The number of halogens is 1. The van der Waals surface area contributed by atoms with Crippen molar-refractivity contribution >= 4 is 40.8 Å². The van der Waals surface area contributed by atoms with Gasteiger partial charge in [-0.25, -0.2) is 9.67 Å². The van der Waals surface area contributed by atoms with E-state index in [4.69, 9.17) is 11.6 Å². The molecule has 1 aromatic heterocycles. The van der Waals surface area contributed by atoms with Gasteiger partial charge in [0.1, 0.15) is 12.7 Å². The zero-order valence-corrected chi connectivity index (χ0v) is 22.2. The van der Waals surface area contributed by atoms with E-state index in [2.05, 4.69) is 15.4 Å². The van der Waals surface area contributed by atoms with Crippen LogP contribution in [-0.4, -0.2) is 31.7 Å². The number of aryl methyl sites for hydroxylation is 1. The van der Waals surface area contributed by atoms with E-state index >= 15 is 0 Å². The molecule has 1 aliphatic heterocycles. The summed E-state index contributed by atoms with van der Waals surface area (Å²) in [5.74, 6) is -1.13. The molecule has 4 aromatic carbocycles. The van der Waals surface area contributed by atoms with Crippen LogP contribution in [0.5, 0.6) is 0 Å². The van der Waals surface area contributed by atoms with Crippen LogP contribution in [0.3, 0.4) is 0 Å². The first-order valence-electron chi connectivity index (χ1n) is 12.6. The molecule has 0 bridgehead atoms. The van der Waals surface area contributed by atoms with Crippen molar-refractivity contribution in [3.05, 3.63) is 119 Å². The Labute approximate surface area is 235 Å². The molecular formula is C32H23ClN4O3. The minimum Gasteiger partial charge on any atom is -0.481 e. The van der Waals surface area contributed by atoms with Crippen molar-refractivity contribution in [1.82, 2.24) is 14.8 Å². The van der Waals surface area contributed by atoms with Crippen molar-refractivity contribution in [1.29, 1.82) is 0 Å². The number of anilines is 1. The van der Waals surface area contributed by atoms with Gasteiger partial charge in [0.25, 0.3) is 5.91 Å². The van der Waals surface area contributed by atoms with Crippen LogP contribution in [0.2, 0.25) is 5.02 Å². The van der Waals surface area contributed by atoms with Crippen LogP contribution in [0.25, 0.3) is 39.6 Å². The molecule has 0 unspecified atom stereocenters. The van der Waals surface area contributed by atoms with Gasteiger partial charge in [-0.05, 0) is 70.6 Å². The number of rotatable bonds is 6. The molecule has 2 N–H and O–H groups in total. The fourth-order valence-electron chi connectivity index (χ4n) is 4.87. The number of nitrogens with one attached hydrogen (secondary N) is 1. The van der Waals surface area contributed by atoms with Gasteiger partial charge in [-0.3, -0.25) is 9.59 Å². The molecule has 0 radical (unpaired) electrons. The van der Waals surface area contributed by atoms with E-state index in [0.717, 1.165) is 44.6 Å². The smallest absolute Gasteiger partial charge is 0.307 e. The van der Waals surface area contributed by atoms with Crippen molar-refractivity contribution in [2.45, 2.75) is 13.3 Å². The molecule has 40 heavy (non-hydrogen) atoms. The maximum absolute atomic E-state index is 12.9. The van der Waals surface area contributed by atoms with E-state index in [9.17, 15) is 14.7 Å². The van der Waals surface area contributed by atoms with E-state index < -0.39 is 5.97 Å². The van der Waals surface area contributed by atoms with Crippen LogP contribution >= 0.6 is 11.6 Å². The van der Waals surface area contributed by atoms with Gasteiger partial charge in [-0.1, -0.05) is 66.2 Å². The SMILES string of the molecule is Cc1ccc(C=C2C(=O)Nc3cc(Cl)c(-c4ccc(-c5ccc(-n6cncn6)cc5)cc4)cc32)cc1CC(=O)O. The Morgan fingerprint density at radius 1 is 0.950 bits per heavy atom. The number of aromatic nitrogens is 3. The van der Waals surface area contributed by atoms with Crippen molar-refractivity contribution in [3.8, 4) is 27.9 Å².